The molecule has 0 radical (unpaired) electrons. The van der Waals surface area contributed by atoms with Gasteiger partial charge < -0.3 is 4.42 Å². The molecule has 0 saturated heterocycles. The molecule has 13 heavy (non-hydrogen) atoms. The highest BCUT2D eigenvalue weighted by Gasteiger charge is 2.13. The molecular formula is C10H15NO2. The quantitative estimate of drug-likeness (QED) is 0.670. The Labute approximate surface area is 78.2 Å². The number of carbonyl (C=O) groups is 1. The van der Waals surface area contributed by atoms with Gasteiger partial charge in [-0.2, -0.15) is 0 Å². The Balaban J connectivity index is 2.65. The lowest BCUT2D eigenvalue weighted by Gasteiger charge is -2.09. The summed E-state index contributed by atoms with van der Waals surface area (Å²) < 4.78 is 5.18. The summed E-state index contributed by atoms with van der Waals surface area (Å²) in [5, 5.41) is 0. The Hall–Kier alpha value is -1.12. The average molecular weight is 181 g/mol. The van der Waals surface area contributed by atoms with Crippen molar-refractivity contribution in [3.8, 4) is 0 Å². The molecule has 0 unspecified atom stereocenters. The van der Waals surface area contributed by atoms with Gasteiger partial charge in [0.15, 0.2) is 12.2 Å². The van der Waals surface area contributed by atoms with Crippen LogP contribution in [0.2, 0.25) is 0 Å². The molecule has 0 aliphatic carbocycles. The minimum Gasteiger partial charge on any atom is -0.448 e. The molecule has 1 rings (SSSR count). The normalized spacial score (nSPS) is 13.2. The van der Waals surface area contributed by atoms with E-state index in [1.807, 2.05) is 0 Å². The number of aromatic nitrogens is 1. The fraction of sp³-hybridized carbons (Fsp3) is 0.600. The van der Waals surface area contributed by atoms with E-state index in [1.165, 1.54) is 6.26 Å². The molecule has 0 aromatic carbocycles. The van der Waals surface area contributed by atoms with Crippen molar-refractivity contribution in [3.05, 3.63) is 17.8 Å². The first-order valence-corrected chi connectivity index (χ1v) is 4.54. The number of rotatable bonds is 4. The van der Waals surface area contributed by atoms with Crippen molar-refractivity contribution in [2.45, 2.75) is 33.1 Å². The first-order chi connectivity index (χ1) is 6.13. The van der Waals surface area contributed by atoms with Crippen LogP contribution in [0.15, 0.2) is 10.7 Å². The maximum Gasteiger partial charge on any atom is 0.197 e. The van der Waals surface area contributed by atoms with E-state index in [2.05, 4.69) is 25.8 Å². The number of hydrogen-bond acceptors (Lipinski definition) is 3. The number of carbonyl (C=O) groups excluding carboxylic acids is 1. The molecule has 0 spiro atoms. The van der Waals surface area contributed by atoms with Crippen LogP contribution in [-0.4, -0.2) is 11.3 Å². The predicted molar refractivity (Wildman–Crippen MR) is 49.8 cm³/mol. The van der Waals surface area contributed by atoms with Gasteiger partial charge in [0, 0.05) is 5.92 Å². The second-order valence-electron chi connectivity index (χ2n) is 3.76. The van der Waals surface area contributed by atoms with Crippen LogP contribution in [0, 0.1) is 5.92 Å². The van der Waals surface area contributed by atoms with Crippen molar-refractivity contribution in [1.82, 2.24) is 4.98 Å². The third-order valence-electron chi connectivity index (χ3n) is 1.91. The smallest absolute Gasteiger partial charge is 0.197 e. The lowest BCUT2D eigenvalue weighted by Crippen LogP contribution is -1.99. The fourth-order valence-electron chi connectivity index (χ4n) is 1.39. The number of aldehydes is 1. The van der Waals surface area contributed by atoms with E-state index in [0.29, 0.717) is 23.8 Å². The van der Waals surface area contributed by atoms with Crippen LogP contribution in [0.25, 0.3) is 0 Å². The van der Waals surface area contributed by atoms with Crippen molar-refractivity contribution in [2.75, 3.05) is 0 Å². The molecule has 0 fully saturated rings. The predicted octanol–water partition coefficient (Wildman–Crippen LogP) is 2.64. The Morgan fingerprint density at radius 3 is 2.69 bits per heavy atom. The highest BCUT2D eigenvalue weighted by molar-refractivity contribution is 5.70. The molecule has 1 aromatic heterocycles. The summed E-state index contributed by atoms with van der Waals surface area (Å²) in [7, 11) is 0. The lowest BCUT2D eigenvalue weighted by atomic mass is 9.99. The zero-order valence-electron chi connectivity index (χ0n) is 8.28. The van der Waals surface area contributed by atoms with Crippen molar-refractivity contribution >= 4 is 6.29 Å². The summed E-state index contributed by atoms with van der Waals surface area (Å²) >= 11 is 0. The molecule has 0 saturated carbocycles. The third kappa shape index (κ3) is 2.68. The SMILES string of the molecule is CC(C)C[C@H](C)c1nc(C=O)co1. The van der Waals surface area contributed by atoms with Crippen LogP contribution in [-0.2, 0) is 0 Å². The Morgan fingerprint density at radius 1 is 1.54 bits per heavy atom. The van der Waals surface area contributed by atoms with Crippen LogP contribution < -0.4 is 0 Å². The van der Waals surface area contributed by atoms with Crippen LogP contribution in [0.4, 0.5) is 0 Å². The van der Waals surface area contributed by atoms with Gasteiger partial charge in [0.25, 0.3) is 0 Å². The summed E-state index contributed by atoms with van der Waals surface area (Å²) in [4.78, 5) is 14.4. The molecule has 0 aliphatic heterocycles. The molecule has 3 heteroatoms. The van der Waals surface area contributed by atoms with Gasteiger partial charge >= 0.3 is 0 Å². The zero-order chi connectivity index (χ0) is 9.84. The maximum atomic E-state index is 10.3. The van der Waals surface area contributed by atoms with Crippen molar-refractivity contribution in [3.63, 3.8) is 0 Å². The molecule has 0 N–H and O–H groups in total. The van der Waals surface area contributed by atoms with Gasteiger partial charge in [-0.25, -0.2) is 4.98 Å². The minimum absolute atomic E-state index is 0.286. The highest BCUT2D eigenvalue weighted by Crippen LogP contribution is 2.21. The van der Waals surface area contributed by atoms with E-state index in [1.54, 1.807) is 0 Å². The first kappa shape index (κ1) is 9.96. The fourth-order valence-corrected chi connectivity index (χ4v) is 1.39. The van der Waals surface area contributed by atoms with E-state index in [-0.39, 0.29) is 5.92 Å². The minimum atomic E-state index is 0.286. The van der Waals surface area contributed by atoms with Crippen molar-refractivity contribution in [2.24, 2.45) is 5.92 Å². The molecular weight excluding hydrogens is 166 g/mol. The Bertz CT molecular complexity index is 278. The zero-order valence-corrected chi connectivity index (χ0v) is 8.28. The van der Waals surface area contributed by atoms with Crippen molar-refractivity contribution < 1.29 is 9.21 Å². The molecule has 72 valence electrons. The van der Waals surface area contributed by atoms with Crippen LogP contribution in [0.5, 0.6) is 0 Å². The van der Waals surface area contributed by atoms with Gasteiger partial charge in [-0.15, -0.1) is 0 Å². The number of nitrogens with zero attached hydrogens (tertiary/aromatic N) is 1. The molecule has 1 heterocycles. The van der Waals surface area contributed by atoms with E-state index >= 15 is 0 Å². The summed E-state index contributed by atoms with van der Waals surface area (Å²) in [5.74, 6) is 1.56. The van der Waals surface area contributed by atoms with Gasteiger partial charge in [0.1, 0.15) is 12.0 Å². The van der Waals surface area contributed by atoms with E-state index in [9.17, 15) is 4.79 Å². The van der Waals surface area contributed by atoms with E-state index in [0.717, 1.165) is 6.42 Å². The van der Waals surface area contributed by atoms with Crippen molar-refractivity contribution in [1.29, 1.82) is 0 Å². The second-order valence-corrected chi connectivity index (χ2v) is 3.76. The van der Waals surface area contributed by atoms with Gasteiger partial charge in [0.05, 0.1) is 0 Å². The van der Waals surface area contributed by atoms with Gasteiger partial charge in [-0.3, -0.25) is 4.79 Å². The van der Waals surface area contributed by atoms with Crippen LogP contribution >= 0.6 is 0 Å². The van der Waals surface area contributed by atoms with E-state index in [4.69, 9.17) is 4.42 Å². The monoisotopic (exact) mass is 181 g/mol. The first-order valence-electron chi connectivity index (χ1n) is 4.54. The average Bonchev–Trinajstić information content (AvgIpc) is 2.50. The van der Waals surface area contributed by atoms with Crippen LogP contribution in [0.1, 0.15) is 49.5 Å². The number of hydrogen-bond donors (Lipinski definition) is 0. The highest BCUT2D eigenvalue weighted by atomic mass is 16.3. The Morgan fingerprint density at radius 2 is 2.23 bits per heavy atom. The second kappa shape index (κ2) is 4.21. The van der Waals surface area contributed by atoms with Crippen LogP contribution in [0.3, 0.4) is 0 Å². The molecule has 0 bridgehead atoms. The standard InChI is InChI=1S/C10H15NO2/c1-7(2)4-8(3)10-11-9(5-12)6-13-10/h5-8H,4H2,1-3H3/t8-/m0/s1. The molecule has 1 aromatic rings. The third-order valence-corrected chi connectivity index (χ3v) is 1.91. The van der Waals surface area contributed by atoms with Gasteiger partial charge in [-0.1, -0.05) is 20.8 Å². The maximum absolute atomic E-state index is 10.3. The Kier molecular flexibility index (Phi) is 3.23. The summed E-state index contributed by atoms with van der Waals surface area (Å²) in [6, 6.07) is 0. The molecule has 0 amide bonds. The summed E-state index contributed by atoms with van der Waals surface area (Å²) in [6.45, 7) is 6.36. The summed E-state index contributed by atoms with van der Waals surface area (Å²) in [5.41, 5.74) is 0.380. The lowest BCUT2D eigenvalue weighted by molar-refractivity contribution is 0.111. The topological polar surface area (TPSA) is 43.1 Å². The van der Waals surface area contributed by atoms with Gasteiger partial charge in [0.2, 0.25) is 0 Å². The largest absolute Gasteiger partial charge is 0.448 e. The number of oxazole rings is 1. The molecule has 0 aliphatic rings. The molecule has 3 nitrogen and oxygen atoms in total. The van der Waals surface area contributed by atoms with Gasteiger partial charge in [-0.05, 0) is 12.3 Å². The molecule has 1 atom stereocenters. The summed E-state index contributed by atoms with van der Waals surface area (Å²) in [6.07, 6.45) is 3.13. The van der Waals surface area contributed by atoms with E-state index < -0.39 is 0 Å².